The zero-order valence-corrected chi connectivity index (χ0v) is 16.6. The van der Waals surface area contributed by atoms with Gasteiger partial charge < -0.3 is 10.1 Å². The fraction of sp³-hybridized carbons (Fsp3) is 0.450. The minimum Gasteiger partial charge on any atom is -0.467 e. The van der Waals surface area contributed by atoms with E-state index >= 15 is 0 Å². The fourth-order valence-corrected chi connectivity index (χ4v) is 4.34. The van der Waals surface area contributed by atoms with Crippen molar-refractivity contribution in [2.75, 3.05) is 12.9 Å². The van der Waals surface area contributed by atoms with E-state index in [4.69, 9.17) is 4.74 Å². The van der Waals surface area contributed by atoms with Crippen LogP contribution in [0, 0.1) is 6.92 Å². The molecule has 3 rings (SSSR count). The maximum absolute atomic E-state index is 12.6. The first-order valence-electron chi connectivity index (χ1n) is 9.17. The highest BCUT2D eigenvalue weighted by Crippen LogP contribution is 2.30. The molecule has 1 aromatic heterocycles. The molecule has 0 atom stereocenters. The van der Waals surface area contributed by atoms with Gasteiger partial charge in [0.15, 0.2) is 5.16 Å². The van der Waals surface area contributed by atoms with Gasteiger partial charge in [-0.25, -0.2) is 9.78 Å². The molecule has 1 aromatic carbocycles. The van der Waals surface area contributed by atoms with Crippen molar-refractivity contribution in [3.8, 4) is 5.69 Å². The molecule has 1 N–H and O–H groups in total. The second-order valence-corrected chi connectivity index (χ2v) is 7.78. The lowest BCUT2D eigenvalue weighted by molar-refractivity contribution is -0.152. The van der Waals surface area contributed by atoms with Gasteiger partial charge in [-0.1, -0.05) is 49.2 Å². The molecule has 0 radical (unpaired) electrons. The molecule has 1 aliphatic rings. The van der Waals surface area contributed by atoms with Crippen molar-refractivity contribution in [3.63, 3.8) is 0 Å². The number of rotatable bonds is 6. The van der Waals surface area contributed by atoms with Gasteiger partial charge in [-0.2, -0.15) is 0 Å². The van der Waals surface area contributed by atoms with Crippen molar-refractivity contribution in [3.05, 3.63) is 42.2 Å². The number of amides is 1. The van der Waals surface area contributed by atoms with Crippen LogP contribution in [-0.2, 0) is 14.3 Å². The number of aromatic nitrogens is 2. The summed E-state index contributed by atoms with van der Waals surface area (Å²) in [6, 6.07) is 8.04. The Morgan fingerprint density at radius 2 is 2.00 bits per heavy atom. The zero-order valence-electron chi connectivity index (χ0n) is 15.7. The van der Waals surface area contributed by atoms with Gasteiger partial charge in [0.25, 0.3) is 0 Å². The normalized spacial score (nSPS) is 15.9. The summed E-state index contributed by atoms with van der Waals surface area (Å²) in [5.41, 5.74) is 1.29. The highest BCUT2D eigenvalue weighted by molar-refractivity contribution is 7.99. The highest BCUT2D eigenvalue weighted by Gasteiger charge is 2.41. The monoisotopic (exact) mass is 387 g/mol. The minimum atomic E-state index is -0.879. The molecule has 0 unspecified atom stereocenters. The first-order chi connectivity index (χ1) is 13.1. The first-order valence-corrected chi connectivity index (χ1v) is 10.2. The fourth-order valence-electron chi connectivity index (χ4n) is 3.58. The number of hydrogen-bond donors (Lipinski definition) is 1. The SMILES string of the molecule is COC(=O)C1(NC(=O)CSc2nccn2-c2ccccc2C)CCCCC1. The second-order valence-electron chi connectivity index (χ2n) is 6.84. The molecular weight excluding hydrogens is 362 g/mol. The molecule has 1 fully saturated rings. The van der Waals surface area contributed by atoms with Crippen LogP contribution in [-0.4, -0.2) is 39.8 Å². The predicted molar refractivity (Wildman–Crippen MR) is 105 cm³/mol. The third-order valence-electron chi connectivity index (χ3n) is 4.98. The summed E-state index contributed by atoms with van der Waals surface area (Å²) in [5, 5.41) is 3.69. The van der Waals surface area contributed by atoms with E-state index in [2.05, 4.69) is 10.3 Å². The molecule has 7 heteroatoms. The Labute approximate surface area is 163 Å². The number of para-hydroxylation sites is 1. The van der Waals surface area contributed by atoms with Crippen molar-refractivity contribution in [1.29, 1.82) is 0 Å². The Morgan fingerprint density at radius 3 is 2.70 bits per heavy atom. The number of nitrogens with one attached hydrogen (secondary N) is 1. The smallest absolute Gasteiger partial charge is 0.331 e. The molecule has 2 aromatic rings. The molecule has 0 saturated heterocycles. The van der Waals surface area contributed by atoms with Crippen molar-refractivity contribution in [1.82, 2.24) is 14.9 Å². The van der Waals surface area contributed by atoms with Gasteiger partial charge in [0, 0.05) is 12.4 Å². The molecular formula is C20H25N3O3S. The molecule has 0 spiro atoms. The van der Waals surface area contributed by atoms with Crippen LogP contribution < -0.4 is 5.32 Å². The number of methoxy groups -OCH3 is 1. The predicted octanol–water partition coefficient (Wildman–Crippen LogP) is 3.26. The summed E-state index contributed by atoms with van der Waals surface area (Å²) in [7, 11) is 1.37. The molecule has 27 heavy (non-hydrogen) atoms. The highest BCUT2D eigenvalue weighted by atomic mass is 32.2. The summed E-state index contributed by atoms with van der Waals surface area (Å²) in [5.74, 6) is -0.324. The van der Waals surface area contributed by atoms with Crippen LogP contribution in [0.15, 0.2) is 41.8 Å². The third kappa shape index (κ3) is 4.35. The summed E-state index contributed by atoms with van der Waals surface area (Å²) >= 11 is 1.36. The third-order valence-corrected chi connectivity index (χ3v) is 5.94. The van der Waals surface area contributed by atoms with Crippen LogP contribution in [0.1, 0.15) is 37.7 Å². The van der Waals surface area contributed by atoms with Gasteiger partial charge in [0.2, 0.25) is 5.91 Å². The van der Waals surface area contributed by atoms with Crippen molar-refractivity contribution in [2.24, 2.45) is 0 Å². The maximum atomic E-state index is 12.6. The topological polar surface area (TPSA) is 73.2 Å². The number of carbonyl (C=O) groups excluding carboxylic acids is 2. The quantitative estimate of drug-likeness (QED) is 0.608. The number of ether oxygens (including phenoxy) is 1. The molecule has 6 nitrogen and oxygen atoms in total. The van der Waals surface area contributed by atoms with Gasteiger partial charge in [0.1, 0.15) is 5.54 Å². The minimum absolute atomic E-state index is 0.174. The van der Waals surface area contributed by atoms with Crippen LogP contribution in [0.3, 0.4) is 0 Å². The number of nitrogens with zero attached hydrogens (tertiary/aromatic N) is 2. The molecule has 0 bridgehead atoms. The van der Waals surface area contributed by atoms with E-state index in [-0.39, 0.29) is 17.6 Å². The molecule has 1 amide bonds. The number of aryl methyl sites for hydroxylation is 1. The van der Waals surface area contributed by atoms with E-state index in [1.807, 2.05) is 42.0 Å². The molecule has 1 saturated carbocycles. The lowest BCUT2D eigenvalue weighted by atomic mass is 9.81. The Morgan fingerprint density at radius 1 is 1.26 bits per heavy atom. The van der Waals surface area contributed by atoms with Crippen LogP contribution in [0.5, 0.6) is 0 Å². The van der Waals surface area contributed by atoms with Gasteiger partial charge >= 0.3 is 5.97 Å². The summed E-state index contributed by atoms with van der Waals surface area (Å²) in [6.07, 6.45) is 7.79. The van der Waals surface area contributed by atoms with Gasteiger partial charge in [0.05, 0.1) is 18.6 Å². The van der Waals surface area contributed by atoms with Gasteiger partial charge in [-0.15, -0.1) is 0 Å². The van der Waals surface area contributed by atoms with Crippen molar-refractivity contribution < 1.29 is 14.3 Å². The van der Waals surface area contributed by atoms with Crippen molar-refractivity contribution >= 4 is 23.6 Å². The molecule has 144 valence electrons. The summed E-state index contributed by atoms with van der Waals surface area (Å²) in [6.45, 7) is 2.04. The zero-order chi connectivity index (χ0) is 19.3. The number of esters is 1. The first kappa shape index (κ1) is 19.5. The average Bonchev–Trinajstić information content (AvgIpc) is 3.15. The Bertz CT molecular complexity index is 812. The Hall–Kier alpha value is -2.28. The number of hydrogen-bond acceptors (Lipinski definition) is 5. The van der Waals surface area contributed by atoms with Crippen LogP contribution in [0.25, 0.3) is 5.69 Å². The lowest BCUT2D eigenvalue weighted by Gasteiger charge is -2.35. The average molecular weight is 388 g/mol. The van der Waals surface area contributed by atoms with Gasteiger partial charge in [-0.3, -0.25) is 9.36 Å². The molecule has 0 aliphatic heterocycles. The number of carbonyl (C=O) groups is 2. The Kier molecular flexibility index (Phi) is 6.21. The largest absolute Gasteiger partial charge is 0.467 e. The van der Waals surface area contributed by atoms with Crippen molar-refractivity contribution in [2.45, 2.75) is 49.7 Å². The van der Waals surface area contributed by atoms with E-state index in [1.54, 1.807) is 6.20 Å². The van der Waals surface area contributed by atoms with Gasteiger partial charge in [-0.05, 0) is 31.4 Å². The summed E-state index contributed by atoms with van der Waals surface area (Å²) < 4.78 is 6.93. The standard InChI is InChI=1S/C20H25N3O3S/c1-15-8-4-5-9-16(15)23-13-12-21-19(23)27-14-17(24)22-20(18(25)26-2)10-6-3-7-11-20/h4-5,8-9,12-13H,3,6-7,10-11,14H2,1-2H3,(H,22,24). The van der Waals surface area contributed by atoms with Crippen LogP contribution >= 0.6 is 11.8 Å². The van der Waals surface area contributed by atoms with E-state index in [1.165, 1.54) is 18.9 Å². The summed E-state index contributed by atoms with van der Waals surface area (Å²) in [4.78, 5) is 29.2. The van der Waals surface area contributed by atoms with E-state index in [0.29, 0.717) is 12.8 Å². The molecule has 1 aliphatic carbocycles. The van der Waals surface area contributed by atoms with Crippen LogP contribution in [0.4, 0.5) is 0 Å². The second kappa shape index (κ2) is 8.61. The maximum Gasteiger partial charge on any atom is 0.331 e. The number of benzene rings is 1. The molecule has 1 heterocycles. The lowest BCUT2D eigenvalue weighted by Crippen LogP contribution is -2.56. The number of thioether (sulfide) groups is 1. The Balaban J connectivity index is 1.67. The van der Waals surface area contributed by atoms with E-state index in [0.717, 1.165) is 35.7 Å². The van der Waals surface area contributed by atoms with Crippen LogP contribution in [0.2, 0.25) is 0 Å². The van der Waals surface area contributed by atoms with E-state index < -0.39 is 5.54 Å². The van der Waals surface area contributed by atoms with E-state index in [9.17, 15) is 9.59 Å². The number of imidazole rings is 1.